The van der Waals surface area contributed by atoms with Crippen LogP contribution in [0.1, 0.15) is 45.4 Å². The summed E-state index contributed by atoms with van der Waals surface area (Å²) in [6, 6.07) is -0.422. The Hall–Kier alpha value is -0.660. The number of piperidine rings is 1. The topological polar surface area (TPSA) is 77.9 Å². The van der Waals surface area contributed by atoms with Crippen LogP contribution in [0, 0.1) is 5.92 Å². The van der Waals surface area contributed by atoms with Crippen LogP contribution >= 0.6 is 0 Å². The quantitative estimate of drug-likeness (QED) is 0.845. The molecule has 0 spiro atoms. The number of fused-ring (bicyclic) bond motifs is 2. The summed E-state index contributed by atoms with van der Waals surface area (Å²) >= 11 is 0. The van der Waals surface area contributed by atoms with Crippen molar-refractivity contribution in [1.82, 2.24) is 8.61 Å². The van der Waals surface area contributed by atoms with Crippen LogP contribution in [0.3, 0.4) is 0 Å². The van der Waals surface area contributed by atoms with Crippen molar-refractivity contribution in [2.75, 3.05) is 6.54 Å². The lowest BCUT2D eigenvalue weighted by Gasteiger charge is -2.36. The normalized spacial score (nSPS) is 39.2. The Morgan fingerprint density at radius 3 is 2.55 bits per heavy atom. The molecule has 114 valence electrons. The summed E-state index contributed by atoms with van der Waals surface area (Å²) in [5.41, 5.74) is 0. The lowest BCUT2D eigenvalue weighted by Crippen LogP contribution is -2.51. The van der Waals surface area contributed by atoms with Crippen LogP contribution in [0.2, 0.25) is 0 Å². The summed E-state index contributed by atoms with van der Waals surface area (Å²) in [5, 5.41) is 9.25. The van der Waals surface area contributed by atoms with Gasteiger partial charge in [-0.05, 0) is 39.0 Å². The van der Waals surface area contributed by atoms with E-state index in [2.05, 4.69) is 0 Å². The van der Waals surface area contributed by atoms with Crippen molar-refractivity contribution in [2.24, 2.45) is 5.92 Å². The predicted molar refractivity (Wildman–Crippen MR) is 73.3 cm³/mol. The van der Waals surface area contributed by atoms with Gasteiger partial charge in [0.25, 0.3) is 10.2 Å². The first-order chi connectivity index (χ1) is 9.43. The Balaban J connectivity index is 1.87. The minimum atomic E-state index is -3.51. The van der Waals surface area contributed by atoms with E-state index in [9.17, 15) is 18.3 Å². The van der Waals surface area contributed by atoms with E-state index in [1.165, 1.54) is 4.31 Å². The van der Waals surface area contributed by atoms with Gasteiger partial charge in [0.15, 0.2) is 0 Å². The van der Waals surface area contributed by atoms with Crippen molar-refractivity contribution in [3.63, 3.8) is 0 Å². The van der Waals surface area contributed by atoms with Crippen molar-refractivity contribution in [1.29, 1.82) is 0 Å². The molecule has 0 aromatic carbocycles. The van der Waals surface area contributed by atoms with Crippen LogP contribution in [0.15, 0.2) is 0 Å². The minimum Gasteiger partial charge on any atom is -0.481 e. The zero-order valence-corrected chi connectivity index (χ0v) is 12.6. The van der Waals surface area contributed by atoms with Crippen molar-refractivity contribution in [2.45, 2.75) is 63.6 Å². The van der Waals surface area contributed by atoms with Gasteiger partial charge >= 0.3 is 5.97 Å². The van der Waals surface area contributed by atoms with Crippen LogP contribution < -0.4 is 0 Å². The number of hydrogen-bond acceptors (Lipinski definition) is 3. The number of hydrogen-bond donors (Lipinski definition) is 1. The van der Waals surface area contributed by atoms with Crippen molar-refractivity contribution in [3.05, 3.63) is 0 Å². The summed E-state index contributed by atoms with van der Waals surface area (Å²) in [5.74, 6) is -1.38. The van der Waals surface area contributed by atoms with E-state index in [1.807, 2.05) is 6.92 Å². The summed E-state index contributed by atoms with van der Waals surface area (Å²) in [6.45, 7) is 2.51. The van der Waals surface area contributed by atoms with E-state index < -0.39 is 22.1 Å². The average Bonchev–Trinajstić information content (AvgIpc) is 2.97. The monoisotopic (exact) mass is 302 g/mol. The maximum absolute atomic E-state index is 12.9. The van der Waals surface area contributed by atoms with E-state index in [0.717, 1.165) is 25.7 Å². The van der Waals surface area contributed by atoms with Gasteiger partial charge in [0.05, 0.1) is 5.92 Å². The number of nitrogens with zero attached hydrogens (tertiary/aromatic N) is 2. The van der Waals surface area contributed by atoms with Gasteiger partial charge < -0.3 is 5.11 Å². The second-order valence-corrected chi connectivity index (χ2v) is 8.06. The fraction of sp³-hybridized carbons (Fsp3) is 0.923. The van der Waals surface area contributed by atoms with Crippen LogP contribution in [-0.2, 0) is 15.0 Å². The number of carbonyl (C=O) groups is 1. The fourth-order valence-electron chi connectivity index (χ4n) is 4.10. The van der Waals surface area contributed by atoms with E-state index in [-0.39, 0.29) is 18.1 Å². The minimum absolute atomic E-state index is 0.0250. The first-order valence-electron chi connectivity index (χ1n) is 7.46. The zero-order chi connectivity index (χ0) is 14.5. The Morgan fingerprint density at radius 1 is 1.20 bits per heavy atom. The van der Waals surface area contributed by atoms with Gasteiger partial charge in [-0.1, -0.05) is 6.42 Å². The molecule has 3 rings (SSSR count). The van der Waals surface area contributed by atoms with Gasteiger partial charge in [-0.3, -0.25) is 4.79 Å². The van der Waals surface area contributed by atoms with Gasteiger partial charge in [-0.25, -0.2) is 0 Å². The highest BCUT2D eigenvalue weighted by atomic mass is 32.2. The highest BCUT2D eigenvalue weighted by molar-refractivity contribution is 7.86. The van der Waals surface area contributed by atoms with Crippen LogP contribution in [0.5, 0.6) is 0 Å². The van der Waals surface area contributed by atoms with E-state index in [4.69, 9.17) is 0 Å². The lowest BCUT2D eigenvalue weighted by atomic mass is 9.89. The molecule has 0 amide bonds. The van der Waals surface area contributed by atoms with Crippen molar-refractivity contribution >= 4 is 16.2 Å². The van der Waals surface area contributed by atoms with Gasteiger partial charge in [-0.15, -0.1) is 0 Å². The molecule has 4 unspecified atom stereocenters. The molecule has 6 nitrogen and oxygen atoms in total. The molecular weight excluding hydrogens is 280 g/mol. The van der Waals surface area contributed by atoms with Crippen molar-refractivity contribution in [3.8, 4) is 0 Å². The fourth-order valence-corrected chi connectivity index (χ4v) is 6.42. The van der Waals surface area contributed by atoms with Crippen LogP contribution in [0.25, 0.3) is 0 Å². The number of carboxylic acid groups (broad SMARTS) is 1. The highest BCUT2D eigenvalue weighted by Crippen LogP contribution is 2.44. The van der Waals surface area contributed by atoms with E-state index in [0.29, 0.717) is 19.4 Å². The molecule has 20 heavy (non-hydrogen) atoms. The average molecular weight is 302 g/mol. The molecule has 3 aliphatic rings. The molecular formula is C13H22N2O4S. The molecule has 4 atom stereocenters. The number of aliphatic carboxylic acids is 1. The summed E-state index contributed by atoms with van der Waals surface area (Å²) < 4.78 is 28.9. The number of rotatable bonds is 3. The third kappa shape index (κ3) is 2.07. The molecule has 3 heterocycles. The highest BCUT2D eigenvalue weighted by Gasteiger charge is 2.55. The van der Waals surface area contributed by atoms with E-state index >= 15 is 0 Å². The summed E-state index contributed by atoms with van der Waals surface area (Å²) in [6.07, 6.45) is 4.82. The van der Waals surface area contributed by atoms with Gasteiger partial charge in [0.2, 0.25) is 0 Å². The second-order valence-electron chi connectivity index (χ2n) is 6.27. The van der Waals surface area contributed by atoms with E-state index in [1.54, 1.807) is 4.31 Å². The third-order valence-corrected chi connectivity index (χ3v) is 7.33. The van der Waals surface area contributed by atoms with Crippen molar-refractivity contribution < 1.29 is 18.3 Å². The predicted octanol–water partition coefficient (Wildman–Crippen LogP) is 1.04. The maximum atomic E-state index is 12.9. The molecule has 7 heteroatoms. The molecule has 0 radical (unpaired) electrons. The third-order valence-electron chi connectivity index (χ3n) is 5.09. The van der Waals surface area contributed by atoms with Gasteiger partial charge in [0, 0.05) is 24.7 Å². The Bertz CT molecular complexity index is 507. The molecule has 0 aromatic rings. The molecule has 0 saturated carbocycles. The molecule has 3 fully saturated rings. The molecule has 0 aliphatic carbocycles. The Labute approximate surface area is 119 Å². The molecule has 0 aromatic heterocycles. The van der Waals surface area contributed by atoms with Crippen LogP contribution in [-0.4, -0.2) is 52.8 Å². The van der Waals surface area contributed by atoms with Gasteiger partial charge in [0.1, 0.15) is 0 Å². The summed E-state index contributed by atoms with van der Waals surface area (Å²) in [7, 11) is -3.51. The van der Waals surface area contributed by atoms with Crippen LogP contribution in [0.4, 0.5) is 0 Å². The van der Waals surface area contributed by atoms with Gasteiger partial charge in [-0.2, -0.15) is 17.0 Å². The first kappa shape index (κ1) is 14.3. The molecule has 3 aliphatic heterocycles. The standard InChI is InChI=1S/C13H22N2O4S/c1-9-4-2-3-7-14(9)20(18,19)15-10-5-6-12(15)11(8-10)13(16)17/h9-12H,2-8H2,1H3,(H,16,17). The zero-order valence-electron chi connectivity index (χ0n) is 11.7. The molecule has 1 N–H and O–H groups in total. The second kappa shape index (κ2) is 4.96. The summed E-state index contributed by atoms with van der Waals surface area (Å²) in [4.78, 5) is 11.3. The lowest BCUT2D eigenvalue weighted by molar-refractivity contribution is -0.142. The molecule has 3 saturated heterocycles. The Morgan fingerprint density at radius 2 is 1.95 bits per heavy atom. The smallest absolute Gasteiger partial charge is 0.308 e. The Kier molecular flexibility index (Phi) is 3.54. The first-order valence-corrected chi connectivity index (χ1v) is 8.85. The SMILES string of the molecule is CC1CCCCN1S(=O)(=O)N1C2CCC1C(C(=O)O)C2. The largest absolute Gasteiger partial charge is 0.481 e. The molecule has 2 bridgehead atoms. The maximum Gasteiger partial charge on any atom is 0.308 e. The number of carboxylic acids is 1.